The van der Waals surface area contributed by atoms with E-state index in [-0.39, 0.29) is 5.92 Å². The fourth-order valence-electron chi connectivity index (χ4n) is 1.80. The fraction of sp³-hybridized carbons (Fsp3) is 0.615. The van der Waals surface area contributed by atoms with Gasteiger partial charge in [-0.2, -0.15) is 5.10 Å². The first kappa shape index (κ1) is 16.0. The van der Waals surface area contributed by atoms with Crippen LogP contribution in [0, 0.1) is 12.8 Å². The molecule has 0 saturated carbocycles. The highest BCUT2D eigenvalue weighted by Crippen LogP contribution is 2.06. The van der Waals surface area contributed by atoms with Gasteiger partial charge < -0.3 is 15.7 Å². The normalized spacial score (nSPS) is 12.2. The van der Waals surface area contributed by atoms with Crippen LogP contribution in [-0.4, -0.2) is 32.9 Å². The summed E-state index contributed by atoms with van der Waals surface area (Å²) in [5.74, 6) is -0.830. The van der Waals surface area contributed by atoms with Crippen LogP contribution in [0.25, 0.3) is 0 Å². The van der Waals surface area contributed by atoms with Gasteiger partial charge in [0.15, 0.2) is 0 Å². The second-order valence-electron chi connectivity index (χ2n) is 5.23. The summed E-state index contributed by atoms with van der Waals surface area (Å²) >= 11 is 0. The number of carbonyl (C=O) groups excluding carboxylic acids is 1. The van der Waals surface area contributed by atoms with Crippen LogP contribution in [0.15, 0.2) is 6.20 Å². The van der Waals surface area contributed by atoms with E-state index in [4.69, 9.17) is 5.11 Å². The number of aryl methyl sites for hydroxylation is 1. The van der Waals surface area contributed by atoms with Crippen molar-refractivity contribution in [3.05, 3.63) is 17.5 Å². The zero-order chi connectivity index (χ0) is 15.3. The van der Waals surface area contributed by atoms with Crippen LogP contribution in [0.5, 0.6) is 0 Å². The van der Waals surface area contributed by atoms with Gasteiger partial charge in [-0.1, -0.05) is 13.8 Å². The Morgan fingerprint density at radius 2 is 2.10 bits per heavy atom. The first-order valence-corrected chi connectivity index (χ1v) is 6.56. The molecule has 0 saturated heterocycles. The summed E-state index contributed by atoms with van der Waals surface area (Å²) in [4.78, 5) is 22.8. The molecule has 0 aliphatic rings. The Morgan fingerprint density at radius 3 is 2.55 bits per heavy atom. The number of nitrogens with one attached hydrogen (secondary N) is 2. The van der Waals surface area contributed by atoms with Crippen molar-refractivity contribution in [2.45, 2.75) is 39.8 Å². The van der Waals surface area contributed by atoms with E-state index >= 15 is 0 Å². The Hall–Kier alpha value is -2.05. The minimum atomic E-state index is -1.02. The molecule has 0 aromatic carbocycles. The smallest absolute Gasteiger partial charge is 0.326 e. The van der Waals surface area contributed by atoms with Crippen LogP contribution in [0.4, 0.5) is 4.79 Å². The maximum absolute atomic E-state index is 11.7. The van der Waals surface area contributed by atoms with Gasteiger partial charge in [-0.25, -0.2) is 9.59 Å². The third kappa shape index (κ3) is 4.56. The molecule has 0 bridgehead atoms. The molecule has 0 radical (unpaired) electrons. The molecule has 0 unspecified atom stereocenters. The van der Waals surface area contributed by atoms with Crippen molar-refractivity contribution in [1.29, 1.82) is 0 Å². The zero-order valence-electron chi connectivity index (χ0n) is 12.3. The van der Waals surface area contributed by atoms with Crippen LogP contribution < -0.4 is 10.6 Å². The average Bonchev–Trinajstić information content (AvgIpc) is 2.66. The van der Waals surface area contributed by atoms with Gasteiger partial charge in [0.25, 0.3) is 0 Å². The predicted molar refractivity (Wildman–Crippen MR) is 74.2 cm³/mol. The van der Waals surface area contributed by atoms with E-state index in [1.807, 2.05) is 27.8 Å². The minimum absolute atomic E-state index is 0.192. The average molecular weight is 282 g/mol. The van der Waals surface area contributed by atoms with Gasteiger partial charge in [0.05, 0.1) is 6.20 Å². The van der Waals surface area contributed by atoms with E-state index < -0.39 is 18.0 Å². The molecule has 1 aromatic rings. The number of carbonyl (C=O) groups is 2. The maximum Gasteiger partial charge on any atom is 0.326 e. The van der Waals surface area contributed by atoms with Crippen LogP contribution in [0.3, 0.4) is 0 Å². The van der Waals surface area contributed by atoms with Crippen molar-refractivity contribution in [2.75, 3.05) is 0 Å². The van der Waals surface area contributed by atoms with Crippen LogP contribution in [0.2, 0.25) is 0 Å². The number of aliphatic carboxylic acids is 1. The third-order valence-corrected chi connectivity index (χ3v) is 3.09. The van der Waals surface area contributed by atoms with Crippen molar-refractivity contribution < 1.29 is 14.7 Å². The Morgan fingerprint density at radius 1 is 1.45 bits per heavy atom. The summed E-state index contributed by atoms with van der Waals surface area (Å²) in [6.07, 6.45) is 2.08. The number of amides is 2. The summed E-state index contributed by atoms with van der Waals surface area (Å²) in [6.45, 7) is 6.04. The van der Waals surface area contributed by atoms with Crippen molar-refractivity contribution in [3.63, 3.8) is 0 Å². The summed E-state index contributed by atoms with van der Waals surface area (Å²) in [5, 5.41) is 18.2. The molecule has 3 N–H and O–H groups in total. The second-order valence-corrected chi connectivity index (χ2v) is 5.23. The van der Waals surface area contributed by atoms with Gasteiger partial charge in [-0.05, 0) is 19.3 Å². The van der Waals surface area contributed by atoms with E-state index in [2.05, 4.69) is 15.7 Å². The molecular formula is C13H22N4O3. The van der Waals surface area contributed by atoms with Crippen LogP contribution >= 0.6 is 0 Å². The monoisotopic (exact) mass is 282 g/mol. The predicted octanol–water partition coefficient (Wildman–Crippen LogP) is 1.03. The molecule has 112 valence electrons. The van der Waals surface area contributed by atoms with Gasteiger partial charge in [-0.15, -0.1) is 0 Å². The Labute approximate surface area is 118 Å². The van der Waals surface area contributed by atoms with E-state index in [0.29, 0.717) is 13.0 Å². The highest BCUT2D eigenvalue weighted by atomic mass is 16.4. The summed E-state index contributed by atoms with van der Waals surface area (Å²) in [5.41, 5.74) is 1.86. The highest BCUT2D eigenvalue weighted by Gasteiger charge is 2.20. The maximum atomic E-state index is 11.7. The number of rotatable bonds is 6. The lowest BCUT2D eigenvalue weighted by Gasteiger charge is -2.16. The number of hydrogen-bond acceptors (Lipinski definition) is 3. The van der Waals surface area contributed by atoms with Crippen molar-refractivity contribution >= 4 is 12.0 Å². The second kappa shape index (κ2) is 6.93. The molecule has 20 heavy (non-hydrogen) atoms. The molecule has 1 atom stereocenters. The standard InChI is InChI=1S/C13H22N4O3/c1-8(2)5-11(12(18)19)16-13(20)14-6-10-7-15-17(4)9(10)3/h7-8,11H,5-6H2,1-4H3,(H,18,19)(H2,14,16,20)/t11-/m1/s1. The summed E-state index contributed by atoms with van der Waals surface area (Å²) < 4.78 is 1.72. The lowest BCUT2D eigenvalue weighted by atomic mass is 10.0. The molecule has 0 spiro atoms. The molecule has 0 aliphatic carbocycles. The topological polar surface area (TPSA) is 96.2 Å². The summed E-state index contributed by atoms with van der Waals surface area (Å²) in [7, 11) is 1.82. The number of nitrogens with zero attached hydrogens (tertiary/aromatic N) is 2. The van der Waals surface area contributed by atoms with Gasteiger partial charge in [0, 0.05) is 24.8 Å². The zero-order valence-corrected chi connectivity index (χ0v) is 12.3. The van der Waals surface area contributed by atoms with Crippen LogP contribution in [-0.2, 0) is 18.4 Å². The van der Waals surface area contributed by atoms with Gasteiger partial charge in [0.1, 0.15) is 6.04 Å². The summed E-state index contributed by atoms with van der Waals surface area (Å²) in [6, 6.07) is -1.36. The fourth-order valence-corrected chi connectivity index (χ4v) is 1.80. The first-order valence-electron chi connectivity index (χ1n) is 6.56. The highest BCUT2D eigenvalue weighted by molar-refractivity contribution is 5.82. The Balaban J connectivity index is 2.50. The van der Waals surface area contributed by atoms with E-state index in [1.54, 1.807) is 10.9 Å². The molecule has 1 aromatic heterocycles. The molecular weight excluding hydrogens is 260 g/mol. The molecule has 0 aliphatic heterocycles. The molecule has 2 amide bonds. The number of hydrogen-bond donors (Lipinski definition) is 3. The van der Waals surface area contributed by atoms with Crippen LogP contribution in [0.1, 0.15) is 31.5 Å². The van der Waals surface area contributed by atoms with Gasteiger partial charge in [-0.3, -0.25) is 4.68 Å². The molecule has 1 rings (SSSR count). The van der Waals surface area contributed by atoms with E-state index in [0.717, 1.165) is 11.3 Å². The minimum Gasteiger partial charge on any atom is -0.480 e. The number of urea groups is 1. The molecule has 0 fully saturated rings. The van der Waals surface area contributed by atoms with E-state index in [1.165, 1.54) is 0 Å². The van der Waals surface area contributed by atoms with Crippen molar-refractivity contribution in [2.24, 2.45) is 13.0 Å². The SMILES string of the molecule is Cc1c(CNC(=O)N[C@H](CC(C)C)C(=O)O)cnn1C. The van der Waals surface area contributed by atoms with Crippen molar-refractivity contribution in [1.82, 2.24) is 20.4 Å². The van der Waals surface area contributed by atoms with E-state index in [9.17, 15) is 9.59 Å². The molecule has 7 nitrogen and oxygen atoms in total. The Bertz CT molecular complexity index is 482. The Kier molecular flexibility index (Phi) is 5.54. The first-order chi connectivity index (χ1) is 9.31. The number of carboxylic acid groups (broad SMARTS) is 1. The lowest BCUT2D eigenvalue weighted by Crippen LogP contribution is -2.46. The molecule has 7 heteroatoms. The van der Waals surface area contributed by atoms with Gasteiger partial charge in [0.2, 0.25) is 0 Å². The van der Waals surface area contributed by atoms with Crippen molar-refractivity contribution in [3.8, 4) is 0 Å². The largest absolute Gasteiger partial charge is 0.480 e. The molecule has 1 heterocycles. The number of aromatic nitrogens is 2. The quantitative estimate of drug-likeness (QED) is 0.726. The lowest BCUT2D eigenvalue weighted by molar-refractivity contribution is -0.139. The van der Waals surface area contributed by atoms with Gasteiger partial charge >= 0.3 is 12.0 Å². The third-order valence-electron chi connectivity index (χ3n) is 3.09. The number of carboxylic acids is 1.